The van der Waals surface area contributed by atoms with Crippen molar-refractivity contribution in [3.05, 3.63) is 29.3 Å². The Hall–Kier alpha value is -1.84. The molecule has 0 aromatic heterocycles. The van der Waals surface area contributed by atoms with Crippen LogP contribution in [-0.4, -0.2) is 36.9 Å². The Kier molecular flexibility index (Phi) is 3.71. The molecule has 0 saturated carbocycles. The molecule has 0 aliphatic carbocycles. The number of carbonyl (C=O) groups excluding carboxylic acids is 2. The van der Waals surface area contributed by atoms with E-state index in [1.807, 2.05) is 44.0 Å². The van der Waals surface area contributed by atoms with Crippen LogP contribution in [0, 0.1) is 0 Å². The SMILES string of the molecule is CN1C(=O)C(C)(C)c2cc(CC(=O)N3CCCCC3)ccc21. The fourth-order valence-corrected chi connectivity index (χ4v) is 3.56. The third kappa shape index (κ3) is 2.40. The van der Waals surface area contributed by atoms with Gasteiger partial charge in [0.25, 0.3) is 0 Å². The minimum Gasteiger partial charge on any atom is -0.342 e. The molecule has 0 bridgehead atoms. The maximum absolute atomic E-state index is 12.4. The van der Waals surface area contributed by atoms with E-state index in [-0.39, 0.29) is 11.8 Å². The number of nitrogens with zero attached hydrogens (tertiary/aromatic N) is 2. The number of hydrogen-bond donors (Lipinski definition) is 0. The van der Waals surface area contributed by atoms with Crippen LogP contribution in [-0.2, 0) is 21.4 Å². The van der Waals surface area contributed by atoms with Crippen LogP contribution in [0.5, 0.6) is 0 Å². The Morgan fingerprint density at radius 1 is 1.18 bits per heavy atom. The zero-order valence-corrected chi connectivity index (χ0v) is 13.7. The molecule has 22 heavy (non-hydrogen) atoms. The number of rotatable bonds is 2. The van der Waals surface area contributed by atoms with E-state index < -0.39 is 5.41 Å². The number of anilines is 1. The van der Waals surface area contributed by atoms with E-state index in [9.17, 15) is 9.59 Å². The van der Waals surface area contributed by atoms with Crippen molar-refractivity contribution in [2.45, 2.75) is 44.9 Å². The summed E-state index contributed by atoms with van der Waals surface area (Å²) in [6.07, 6.45) is 3.89. The Bertz CT molecular complexity index is 616. The minimum absolute atomic E-state index is 0.113. The smallest absolute Gasteiger partial charge is 0.236 e. The van der Waals surface area contributed by atoms with E-state index in [1.165, 1.54) is 6.42 Å². The van der Waals surface area contributed by atoms with Gasteiger partial charge in [0, 0.05) is 25.8 Å². The Balaban J connectivity index is 1.81. The van der Waals surface area contributed by atoms with Gasteiger partial charge in [0.2, 0.25) is 11.8 Å². The van der Waals surface area contributed by atoms with Crippen LogP contribution in [0.4, 0.5) is 5.69 Å². The molecule has 0 atom stereocenters. The first-order chi connectivity index (χ1) is 10.4. The number of fused-ring (bicyclic) bond motifs is 1. The van der Waals surface area contributed by atoms with Crippen LogP contribution >= 0.6 is 0 Å². The highest BCUT2D eigenvalue weighted by Crippen LogP contribution is 2.41. The van der Waals surface area contributed by atoms with Crippen molar-refractivity contribution in [1.82, 2.24) is 4.90 Å². The van der Waals surface area contributed by atoms with E-state index in [4.69, 9.17) is 0 Å². The van der Waals surface area contributed by atoms with Crippen molar-refractivity contribution in [2.24, 2.45) is 0 Å². The fourth-order valence-electron chi connectivity index (χ4n) is 3.56. The second-order valence-corrected chi connectivity index (χ2v) is 6.96. The zero-order chi connectivity index (χ0) is 15.9. The summed E-state index contributed by atoms with van der Waals surface area (Å²) >= 11 is 0. The van der Waals surface area contributed by atoms with E-state index in [0.29, 0.717) is 6.42 Å². The second kappa shape index (κ2) is 5.41. The molecule has 0 N–H and O–H groups in total. The van der Waals surface area contributed by atoms with Gasteiger partial charge in [-0.25, -0.2) is 0 Å². The van der Waals surface area contributed by atoms with Gasteiger partial charge in [0.05, 0.1) is 11.8 Å². The number of amides is 2. The molecule has 2 aliphatic rings. The van der Waals surface area contributed by atoms with E-state index in [2.05, 4.69) is 0 Å². The quantitative estimate of drug-likeness (QED) is 0.842. The van der Waals surface area contributed by atoms with E-state index in [1.54, 1.807) is 4.90 Å². The predicted molar refractivity (Wildman–Crippen MR) is 87.0 cm³/mol. The van der Waals surface area contributed by atoms with Crippen LogP contribution in [0.25, 0.3) is 0 Å². The monoisotopic (exact) mass is 300 g/mol. The van der Waals surface area contributed by atoms with Crippen molar-refractivity contribution >= 4 is 17.5 Å². The summed E-state index contributed by atoms with van der Waals surface area (Å²) in [5.74, 6) is 0.317. The Morgan fingerprint density at radius 2 is 1.86 bits per heavy atom. The van der Waals surface area contributed by atoms with Gasteiger partial charge in [-0.3, -0.25) is 9.59 Å². The number of carbonyl (C=O) groups is 2. The van der Waals surface area contributed by atoms with Gasteiger partial charge >= 0.3 is 0 Å². The average Bonchev–Trinajstić information content (AvgIpc) is 2.69. The molecular weight excluding hydrogens is 276 g/mol. The lowest BCUT2D eigenvalue weighted by molar-refractivity contribution is -0.131. The normalized spacial score (nSPS) is 20.2. The lowest BCUT2D eigenvalue weighted by Gasteiger charge is -2.27. The Labute approximate surface area is 132 Å². The molecule has 2 heterocycles. The second-order valence-electron chi connectivity index (χ2n) is 6.96. The summed E-state index contributed by atoms with van der Waals surface area (Å²) in [6.45, 7) is 5.68. The molecule has 1 aromatic carbocycles. The van der Waals surface area contributed by atoms with Gasteiger partial charge in [0.1, 0.15) is 0 Å². The van der Waals surface area contributed by atoms with Crippen molar-refractivity contribution < 1.29 is 9.59 Å². The number of likely N-dealkylation sites (tertiary alicyclic amines) is 1. The summed E-state index contributed by atoms with van der Waals surface area (Å²) in [5.41, 5.74) is 2.49. The molecule has 0 unspecified atom stereocenters. The Morgan fingerprint density at radius 3 is 2.55 bits per heavy atom. The summed E-state index contributed by atoms with van der Waals surface area (Å²) in [4.78, 5) is 28.4. The highest BCUT2D eigenvalue weighted by atomic mass is 16.2. The standard InChI is InChI=1S/C18H24N2O2/c1-18(2)14-11-13(7-8-15(14)19(3)17(18)22)12-16(21)20-9-5-4-6-10-20/h7-8,11H,4-6,9-10,12H2,1-3H3. The molecular formula is C18H24N2O2. The van der Waals surface area contributed by atoms with Gasteiger partial charge in [-0.1, -0.05) is 12.1 Å². The summed E-state index contributed by atoms with van der Waals surface area (Å²) in [5, 5.41) is 0. The molecule has 118 valence electrons. The van der Waals surface area contributed by atoms with Crippen LogP contribution in [0.3, 0.4) is 0 Å². The van der Waals surface area contributed by atoms with Crippen molar-refractivity contribution in [3.63, 3.8) is 0 Å². The van der Waals surface area contributed by atoms with Crippen LogP contribution in [0.2, 0.25) is 0 Å². The highest BCUT2D eigenvalue weighted by molar-refractivity contribution is 6.07. The topological polar surface area (TPSA) is 40.6 Å². The molecule has 4 heteroatoms. The van der Waals surface area contributed by atoms with Crippen molar-refractivity contribution in [2.75, 3.05) is 25.0 Å². The lowest BCUT2D eigenvalue weighted by Crippen LogP contribution is -2.36. The fraction of sp³-hybridized carbons (Fsp3) is 0.556. The minimum atomic E-state index is -0.506. The van der Waals surface area contributed by atoms with Gasteiger partial charge in [-0.05, 0) is 50.3 Å². The third-order valence-electron chi connectivity index (χ3n) is 5.00. The number of hydrogen-bond acceptors (Lipinski definition) is 2. The van der Waals surface area contributed by atoms with Gasteiger partial charge in [-0.2, -0.15) is 0 Å². The van der Waals surface area contributed by atoms with Gasteiger partial charge in [0.15, 0.2) is 0 Å². The molecule has 0 spiro atoms. The van der Waals surface area contributed by atoms with Crippen LogP contribution < -0.4 is 4.90 Å². The molecule has 2 amide bonds. The van der Waals surface area contributed by atoms with Crippen LogP contribution in [0.15, 0.2) is 18.2 Å². The average molecular weight is 300 g/mol. The van der Waals surface area contributed by atoms with Crippen molar-refractivity contribution in [3.8, 4) is 0 Å². The zero-order valence-electron chi connectivity index (χ0n) is 13.7. The number of likely N-dealkylation sites (N-methyl/N-ethyl adjacent to an activating group) is 1. The van der Waals surface area contributed by atoms with E-state index >= 15 is 0 Å². The molecule has 1 aromatic rings. The summed E-state index contributed by atoms with van der Waals surface area (Å²) in [6, 6.07) is 5.99. The first kappa shape index (κ1) is 15.1. The molecule has 1 fully saturated rings. The van der Waals surface area contributed by atoms with Crippen molar-refractivity contribution in [1.29, 1.82) is 0 Å². The maximum Gasteiger partial charge on any atom is 0.236 e. The highest BCUT2D eigenvalue weighted by Gasteiger charge is 2.42. The molecule has 2 aliphatic heterocycles. The first-order valence-electron chi connectivity index (χ1n) is 8.10. The largest absolute Gasteiger partial charge is 0.342 e. The number of benzene rings is 1. The third-order valence-corrected chi connectivity index (χ3v) is 5.00. The molecule has 4 nitrogen and oxygen atoms in total. The van der Waals surface area contributed by atoms with Crippen LogP contribution in [0.1, 0.15) is 44.2 Å². The molecule has 1 saturated heterocycles. The molecule has 3 rings (SSSR count). The lowest BCUT2D eigenvalue weighted by atomic mass is 9.85. The van der Waals surface area contributed by atoms with Gasteiger partial charge in [-0.15, -0.1) is 0 Å². The summed E-state index contributed by atoms with van der Waals surface area (Å²) < 4.78 is 0. The predicted octanol–water partition coefficient (Wildman–Crippen LogP) is 2.50. The first-order valence-corrected chi connectivity index (χ1v) is 8.10. The number of piperidine rings is 1. The van der Waals surface area contributed by atoms with E-state index in [0.717, 1.165) is 42.7 Å². The molecule has 0 radical (unpaired) electrons. The maximum atomic E-state index is 12.4. The van der Waals surface area contributed by atoms with Gasteiger partial charge < -0.3 is 9.80 Å². The summed E-state index contributed by atoms with van der Waals surface area (Å²) in [7, 11) is 1.81.